The van der Waals surface area contributed by atoms with Gasteiger partial charge in [-0.1, -0.05) is 35.9 Å². The normalized spacial score (nSPS) is 13.2. The Labute approximate surface area is 118 Å². The van der Waals surface area contributed by atoms with Crippen LogP contribution in [-0.2, 0) is 16.5 Å². The Bertz CT molecular complexity index is 772. The summed E-state index contributed by atoms with van der Waals surface area (Å²) >= 11 is 0. The Kier molecular flexibility index (Phi) is 3.10. The van der Waals surface area contributed by atoms with Gasteiger partial charge in [0.15, 0.2) is 0 Å². The summed E-state index contributed by atoms with van der Waals surface area (Å²) in [5, 5.41) is 0. The van der Waals surface area contributed by atoms with E-state index < -0.39 is 10.1 Å². The number of hydrogen-bond acceptors (Lipinski definition) is 3. The lowest BCUT2D eigenvalue weighted by Gasteiger charge is -2.08. The number of fused-ring (bicyclic) bond motifs is 1. The van der Waals surface area contributed by atoms with Crippen LogP contribution in [0.4, 0.5) is 0 Å². The van der Waals surface area contributed by atoms with Gasteiger partial charge in [-0.3, -0.25) is 0 Å². The summed E-state index contributed by atoms with van der Waals surface area (Å²) in [4.78, 5) is 0.166. The van der Waals surface area contributed by atoms with Gasteiger partial charge in [-0.25, -0.2) is 0 Å². The molecule has 0 fully saturated rings. The smallest absolute Gasteiger partial charge is 0.339 e. The van der Waals surface area contributed by atoms with E-state index in [1.807, 2.05) is 25.1 Å². The van der Waals surface area contributed by atoms with Crippen molar-refractivity contribution in [2.24, 2.45) is 0 Å². The summed E-state index contributed by atoms with van der Waals surface area (Å²) in [6, 6.07) is 12.0. The molecular formula is C16H14O3S. The Hall–Kier alpha value is -2.07. The molecule has 0 bridgehead atoms. The summed E-state index contributed by atoms with van der Waals surface area (Å²) < 4.78 is 29.5. The van der Waals surface area contributed by atoms with Gasteiger partial charge in [0, 0.05) is 0 Å². The molecule has 102 valence electrons. The van der Waals surface area contributed by atoms with E-state index in [2.05, 4.69) is 0 Å². The number of hydrogen-bond donors (Lipinski definition) is 0. The van der Waals surface area contributed by atoms with E-state index >= 15 is 0 Å². The van der Waals surface area contributed by atoms with Crippen LogP contribution >= 0.6 is 0 Å². The summed E-state index contributed by atoms with van der Waals surface area (Å²) in [6.07, 6.45) is 4.91. The molecule has 2 aromatic carbocycles. The van der Waals surface area contributed by atoms with E-state index in [0.29, 0.717) is 5.75 Å². The molecule has 0 spiro atoms. The van der Waals surface area contributed by atoms with Crippen LogP contribution in [0.5, 0.6) is 5.75 Å². The van der Waals surface area contributed by atoms with Crippen molar-refractivity contribution in [1.82, 2.24) is 0 Å². The van der Waals surface area contributed by atoms with Crippen LogP contribution in [-0.4, -0.2) is 8.42 Å². The Morgan fingerprint density at radius 3 is 2.55 bits per heavy atom. The standard InChI is InChI=1S/C16H14O3S/c1-12-5-9-16(10-6-12)20(17,18)19-15-8-7-13-3-2-4-14(13)11-15/h2,4-11H,3H2,1H3. The summed E-state index contributed by atoms with van der Waals surface area (Å²) in [5.74, 6) is 0.343. The van der Waals surface area contributed by atoms with Gasteiger partial charge in [0.1, 0.15) is 10.6 Å². The molecule has 0 aliphatic heterocycles. The van der Waals surface area contributed by atoms with Crippen molar-refractivity contribution < 1.29 is 12.6 Å². The Balaban J connectivity index is 1.90. The highest BCUT2D eigenvalue weighted by Crippen LogP contribution is 2.26. The third-order valence-corrected chi connectivity index (χ3v) is 4.53. The van der Waals surface area contributed by atoms with Crippen molar-refractivity contribution in [3.8, 4) is 5.75 Å². The zero-order valence-corrected chi connectivity index (χ0v) is 11.9. The first-order chi connectivity index (χ1) is 9.54. The zero-order valence-electron chi connectivity index (χ0n) is 11.0. The molecule has 0 amide bonds. The molecule has 0 radical (unpaired) electrons. The number of rotatable bonds is 3. The lowest BCUT2D eigenvalue weighted by atomic mass is 10.1. The summed E-state index contributed by atoms with van der Waals surface area (Å²) in [6.45, 7) is 1.91. The third kappa shape index (κ3) is 2.47. The zero-order chi connectivity index (χ0) is 14.2. The van der Waals surface area contributed by atoms with Gasteiger partial charge in [-0.2, -0.15) is 8.42 Å². The van der Waals surface area contributed by atoms with Gasteiger partial charge >= 0.3 is 10.1 Å². The highest BCUT2D eigenvalue weighted by atomic mass is 32.2. The SMILES string of the molecule is Cc1ccc(S(=O)(=O)Oc2ccc3c(c2)C=CC3)cc1. The second-order valence-corrected chi connectivity index (χ2v) is 6.36. The Morgan fingerprint density at radius 2 is 1.80 bits per heavy atom. The monoisotopic (exact) mass is 286 g/mol. The van der Waals surface area contributed by atoms with Crippen molar-refractivity contribution in [2.75, 3.05) is 0 Å². The van der Waals surface area contributed by atoms with E-state index in [-0.39, 0.29) is 4.90 Å². The van der Waals surface area contributed by atoms with Crippen LogP contribution in [0.1, 0.15) is 16.7 Å². The fourth-order valence-electron chi connectivity index (χ4n) is 2.16. The second kappa shape index (κ2) is 4.80. The fourth-order valence-corrected chi connectivity index (χ4v) is 3.08. The van der Waals surface area contributed by atoms with E-state index in [1.165, 1.54) is 5.56 Å². The first-order valence-corrected chi connectivity index (χ1v) is 7.76. The van der Waals surface area contributed by atoms with Crippen molar-refractivity contribution in [3.05, 3.63) is 65.2 Å². The number of aryl methyl sites for hydroxylation is 1. The minimum absolute atomic E-state index is 0.166. The van der Waals surface area contributed by atoms with Gasteiger partial charge in [0.25, 0.3) is 0 Å². The van der Waals surface area contributed by atoms with Gasteiger partial charge in [0.05, 0.1) is 0 Å². The van der Waals surface area contributed by atoms with Crippen molar-refractivity contribution in [1.29, 1.82) is 0 Å². The van der Waals surface area contributed by atoms with Crippen molar-refractivity contribution in [3.63, 3.8) is 0 Å². The molecule has 1 aliphatic carbocycles. The molecule has 0 N–H and O–H groups in total. The van der Waals surface area contributed by atoms with Gasteiger partial charge in [0.2, 0.25) is 0 Å². The molecule has 0 unspecified atom stereocenters. The maximum atomic E-state index is 12.2. The van der Waals surface area contributed by atoms with Gasteiger partial charge in [-0.05, 0) is 48.7 Å². The van der Waals surface area contributed by atoms with Crippen molar-refractivity contribution in [2.45, 2.75) is 18.2 Å². The molecular weight excluding hydrogens is 272 g/mol. The second-order valence-electron chi connectivity index (χ2n) is 4.82. The van der Waals surface area contributed by atoms with Gasteiger partial charge in [-0.15, -0.1) is 0 Å². The first kappa shape index (κ1) is 12.9. The summed E-state index contributed by atoms with van der Waals surface area (Å²) in [7, 11) is -3.77. The fraction of sp³-hybridized carbons (Fsp3) is 0.125. The average molecular weight is 286 g/mol. The summed E-state index contributed by atoms with van der Waals surface area (Å²) in [5.41, 5.74) is 3.21. The van der Waals surface area contributed by atoms with E-state index in [9.17, 15) is 8.42 Å². The molecule has 1 aliphatic rings. The lowest BCUT2D eigenvalue weighted by Crippen LogP contribution is -2.09. The minimum atomic E-state index is -3.77. The maximum Gasteiger partial charge on any atom is 0.339 e. The van der Waals surface area contributed by atoms with E-state index in [1.54, 1.807) is 36.4 Å². The van der Waals surface area contributed by atoms with Gasteiger partial charge < -0.3 is 4.18 Å². The first-order valence-electron chi connectivity index (χ1n) is 6.35. The molecule has 0 heterocycles. The van der Waals surface area contributed by atoms with Crippen LogP contribution in [0.15, 0.2) is 53.4 Å². The van der Waals surface area contributed by atoms with Crippen molar-refractivity contribution >= 4 is 16.2 Å². The average Bonchev–Trinajstić information content (AvgIpc) is 2.86. The van der Waals surface area contributed by atoms with E-state index in [4.69, 9.17) is 4.18 Å². The third-order valence-electron chi connectivity index (χ3n) is 3.27. The molecule has 0 atom stereocenters. The highest BCUT2D eigenvalue weighted by molar-refractivity contribution is 7.87. The molecule has 3 rings (SSSR count). The largest absolute Gasteiger partial charge is 0.379 e. The minimum Gasteiger partial charge on any atom is -0.379 e. The quantitative estimate of drug-likeness (QED) is 0.813. The predicted octanol–water partition coefficient (Wildman–Crippen LogP) is 3.33. The number of benzene rings is 2. The lowest BCUT2D eigenvalue weighted by molar-refractivity contribution is 0.486. The van der Waals surface area contributed by atoms with Crippen LogP contribution in [0.2, 0.25) is 0 Å². The number of allylic oxidation sites excluding steroid dienone is 1. The maximum absolute atomic E-state index is 12.2. The molecule has 4 heteroatoms. The molecule has 0 saturated carbocycles. The van der Waals surface area contributed by atoms with Crippen LogP contribution in [0.25, 0.3) is 6.08 Å². The molecule has 0 aromatic heterocycles. The molecule has 20 heavy (non-hydrogen) atoms. The van der Waals surface area contributed by atoms with Crippen LogP contribution in [0, 0.1) is 6.92 Å². The predicted molar refractivity (Wildman–Crippen MR) is 78.2 cm³/mol. The molecule has 3 nitrogen and oxygen atoms in total. The van der Waals surface area contributed by atoms with Crippen LogP contribution < -0.4 is 4.18 Å². The highest BCUT2D eigenvalue weighted by Gasteiger charge is 2.17. The van der Waals surface area contributed by atoms with Crippen LogP contribution in [0.3, 0.4) is 0 Å². The van der Waals surface area contributed by atoms with E-state index in [0.717, 1.165) is 17.5 Å². The topological polar surface area (TPSA) is 43.4 Å². The molecule has 0 saturated heterocycles. The molecule has 2 aromatic rings. The Morgan fingerprint density at radius 1 is 1.05 bits per heavy atom.